The van der Waals surface area contributed by atoms with Gasteiger partial charge in [-0.05, 0) is 38.0 Å². The summed E-state index contributed by atoms with van der Waals surface area (Å²) in [5.74, 6) is 1.16. The van der Waals surface area contributed by atoms with Gasteiger partial charge >= 0.3 is 0 Å². The molecule has 25 heavy (non-hydrogen) atoms. The fourth-order valence-electron chi connectivity index (χ4n) is 4.54. The second-order valence-corrected chi connectivity index (χ2v) is 8.43. The van der Waals surface area contributed by atoms with Crippen LogP contribution in [-0.2, 0) is 9.53 Å². The number of ether oxygens (including phenoxy) is 1. The number of benzene rings is 1. The molecule has 1 fully saturated rings. The van der Waals surface area contributed by atoms with E-state index in [-0.39, 0.29) is 17.2 Å². The second-order valence-electron chi connectivity index (χ2n) is 8.02. The Labute approximate surface area is 154 Å². The zero-order chi connectivity index (χ0) is 17.7. The van der Waals surface area contributed by atoms with Gasteiger partial charge in [-0.15, -0.1) is 0 Å². The summed E-state index contributed by atoms with van der Waals surface area (Å²) in [4.78, 5) is 12.7. The Hall–Kier alpha value is -1.88. The number of allylic oxidation sites excluding steroid dienone is 2. The van der Waals surface area contributed by atoms with E-state index in [1.807, 2.05) is 18.2 Å². The Morgan fingerprint density at radius 1 is 1.16 bits per heavy atom. The highest BCUT2D eigenvalue weighted by molar-refractivity contribution is 7.80. The quantitative estimate of drug-likeness (QED) is 0.754. The molecule has 1 aliphatic carbocycles. The fraction of sp³-hybridized carbons (Fsp3) is 0.500. The van der Waals surface area contributed by atoms with Crippen molar-refractivity contribution in [1.82, 2.24) is 10.6 Å². The van der Waals surface area contributed by atoms with Crippen molar-refractivity contribution in [3.63, 3.8) is 0 Å². The monoisotopic (exact) mass is 356 g/mol. The Morgan fingerprint density at radius 2 is 1.92 bits per heavy atom. The Balaban J connectivity index is 1.79. The smallest absolute Gasteiger partial charge is 0.184 e. The first-order chi connectivity index (χ1) is 11.9. The lowest BCUT2D eigenvalue weighted by atomic mass is 9.73. The molecule has 0 saturated carbocycles. The number of hydrogen-bond donors (Lipinski definition) is 2. The molecule has 0 amide bonds. The van der Waals surface area contributed by atoms with Gasteiger partial charge in [0.15, 0.2) is 16.6 Å². The van der Waals surface area contributed by atoms with Crippen LogP contribution in [-0.4, -0.2) is 22.2 Å². The molecule has 4 nitrogen and oxygen atoms in total. The average molecular weight is 356 g/mol. The van der Waals surface area contributed by atoms with Crippen LogP contribution < -0.4 is 10.6 Å². The Bertz CT molecular complexity index is 756. The third-order valence-electron chi connectivity index (χ3n) is 5.33. The van der Waals surface area contributed by atoms with Gasteiger partial charge in [-0.25, -0.2) is 0 Å². The lowest BCUT2D eigenvalue weighted by Crippen LogP contribution is -2.68. The maximum absolute atomic E-state index is 12.7. The number of hydrogen-bond acceptors (Lipinski definition) is 3. The van der Waals surface area contributed by atoms with E-state index < -0.39 is 5.72 Å². The number of ketones is 1. The van der Waals surface area contributed by atoms with E-state index in [9.17, 15) is 4.79 Å². The number of rotatable bonds is 1. The molecule has 0 unspecified atom stereocenters. The summed E-state index contributed by atoms with van der Waals surface area (Å²) in [6.07, 6.45) is 3.81. The minimum Gasteiger partial charge on any atom is -0.472 e. The topological polar surface area (TPSA) is 50.4 Å². The lowest BCUT2D eigenvalue weighted by Gasteiger charge is -2.51. The summed E-state index contributed by atoms with van der Waals surface area (Å²) < 4.78 is 6.47. The predicted molar refractivity (Wildman–Crippen MR) is 101 cm³/mol. The van der Waals surface area contributed by atoms with Crippen molar-refractivity contribution in [1.29, 1.82) is 0 Å². The normalized spacial score (nSPS) is 31.0. The molecule has 1 saturated heterocycles. The summed E-state index contributed by atoms with van der Waals surface area (Å²) in [7, 11) is 0. The molecule has 2 heterocycles. The standard InChI is InChI=1S/C20H24N2O2S/c1-19(2)12-20(22-18(25)21-19)11-14(13-7-4-3-5-8-13)17-15(23)9-6-10-16(17)24-20/h3-5,7-8,14H,6,9-12H2,1-2H3,(H2,21,22,25)/t14-,20-/m0/s1. The van der Waals surface area contributed by atoms with Crippen LogP contribution in [0.4, 0.5) is 0 Å². The van der Waals surface area contributed by atoms with Crippen molar-refractivity contribution in [2.45, 2.75) is 63.1 Å². The average Bonchev–Trinajstić information content (AvgIpc) is 2.52. The van der Waals surface area contributed by atoms with E-state index in [1.165, 1.54) is 5.56 Å². The van der Waals surface area contributed by atoms with Gasteiger partial charge in [-0.2, -0.15) is 0 Å². The van der Waals surface area contributed by atoms with Crippen molar-refractivity contribution in [3.05, 3.63) is 47.2 Å². The molecule has 2 atom stereocenters. The van der Waals surface area contributed by atoms with E-state index in [2.05, 4.69) is 36.6 Å². The zero-order valence-corrected chi connectivity index (χ0v) is 15.5. The molecule has 2 aliphatic heterocycles. The van der Waals surface area contributed by atoms with E-state index in [1.54, 1.807) is 0 Å². The number of carbonyl (C=O) groups is 1. The summed E-state index contributed by atoms with van der Waals surface area (Å²) >= 11 is 5.45. The van der Waals surface area contributed by atoms with Crippen LogP contribution in [0.3, 0.4) is 0 Å². The van der Waals surface area contributed by atoms with Crippen molar-refractivity contribution in [3.8, 4) is 0 Å². The first-order valence-corrected chi connectivity index (χ1v) is 9.39. The fourth-order valence-corrected chi connectivity index (χ4v) is 5.00. The molecule has 1 aromatic carbocycles. The highest BCUT2D eigenvalue weighted by Crippen LogP contribution is 2.47. The van der Waals surface area contributed by atoms with Gasteiger partial charge in [0.05, 0.1) is 0 Å². The molecule has 1 aromatic rings. The van der Waals surface area contributed by atoms with Gasteiger partial charge < -0.3 is 15.4 Å². The van der Waals surface area contributed by atoms with Crippen LogP contribution in [0, 0.1) is 0 Å². The molecule has 0 aromatic heterocycles. The van der Waals surface area contributed by atoms with Gasteiger partial charge in [0, 0.05) is 42.7 Å². The Morgan fingerprint density at radius 3 is 2.64 bits per heavy atom. The van der Waals surface area contributed by atoms with Crippen molar-refractivity contribution in [2.24, 2.45) is 0 Å². The number of nitrogens with one attached hydrogen (secondary N) is 2. The third-order valence-corrected chi connectivity index (χ3v) is 5.54. The van der Waals surface area contributed by atoms with Gasteiger partial charge in [0.25, 0.3) is 0 Å². The SMILES string of the molecule is CC1(C)C[C@@]2(C[C@@H](c3ccccc3)C3=C(CCCC3=O)O2)NC(=S)N1. The molecule has 4 rings (SSSR count). The number of Topliss-reactive ketones (excluding diaryl/α,β-unsaturated/α-hetero) is 1. The maximum atomic E-state index is 12.7. The summed E-state index contributed by atoms with van der Waals surface area (Å²) in [5.41, 5.74) is 1.35. The first-order valence-electron chi connectivity index (χ1n) is 8.98. The second kappa shape index (κ2) is 5.84. The van der Waals surface area contributed by atoms with Crippen LogP contribution >= 0.6 is 12.2 Å². The predicted octanol–water partition coefficient (Wildman–Crippen LogP) is 3.54. The van der Waals surface area contributed by atoms with Crippen LogP contribution in [0.5, 0.6) is 0 Å². The summed E-state index contributed by atoms with van der Waals surface area (Å²) in [5, 5.41) is 7.33. The van der Waals surface area contributed by atoms with E-state index in [4.69, 9.17) is 17.0 Å². The highest BCUT2D eigenvalue weighted by atomic mass is 32.1. The zero-order valence-electron chi connectivity index (χ0n) is 14.7. The molecule has 132 valence electrons. The Kier molecular flexibility index (Phi) is 3.87. The summed E-state index contributed by atoms with van der Waals surface area (Å²) in [6.45, 7) is 4.28. The number of thiocarbonyl (C=S) groups is 1. The molecule has 2 N–H and O–H groups in total. The van der Waals surface area contributed by atoms with Crippen molar-refractivity contribution in [2.75, 3.05) is 0 Å². The molecule has 1 spiro atoms. The molecule has 5 heteroatoms. The first kappa shape index (κ1) is 16.6. The maximum Gasteiger partial charge on any atom is 0.184 e. The molecule has 0 bridgehead atoms. The largest absolute Gasteiger partial charge is 0.472 e. The van der Waals surface area contributed by atoms with Crippen LogP contribution in [0.25, 0.3) is 0 Å². The lowest BCUT2D eigenvalue weighted by molar-refractivity contribution is -0.120. The van der Waals surface area contributed by atoms with E-state index in [0.29, 0.717) is 18.0 Å². The van der Waals surface area contributed by atoms with Gasteiger partial charge in [0.2, 0.25) is 0 Å². The molecular formula is C20H24N2O2S. The number of carbonyl (C=O) groups excluding carboxylic acids is 1. The van der Waals surface area contributed by atoms with Crippen LogP contribution in [0.2, 0.25) is 0 Å². The molecule has 0 radical (unpaired) electrons. The molecule has 3 aliphatic rings. The summed E-state index contributed by atoms with van der Waals surface area (Å²) in [6, 6.07) is 10.3. The minimum atomic E-state index is -0.553. The van der Waals surface area contributed by atoms with E-state index >= 15 is 0 Å². The highest BCUT2D eigenvalue weighted by Gasteiger charge is 2.50. The minimum absolute atomic E-state index is 0.0574. The van der Waals surface area contributed by atoms with Gasteiger partial charge in [-0.1, -0.05) is 30.3 Å². The van der Waals surface area contributed by atoms with Gasteiger partial charge in [0.1, 0.15) is 5.76 Å². The van der Waals surface area contributed by atoms with Crippen molar-refractivity contribution < 1.29 is 9.53 Å². The van der Waals surface area contributed by atoms with E-state index in [0.717, 1.165) is 30.6 Å². The third kappa shape index (κ3) is 3.06. The van der Waals surface area contributed by atoms with Crippen LogP contribution in [0.1, 0.15) is 57.4 Å². The van der Waals surface area contributed by atoms with Gasteiger partial charge in [-0.3, -0.25) is 4.79 Å². The molecular weight excluding hydrogens is 332 g/mol. The van der Waals surface area contributed by atoms with Crippen molar-refractivity contribution >= 4 is 23.1 Å². The van der Waals surface area contributed by atoms with Crippen LogP contribution in [0.15, 0.2) is 41.7 Å².